The molecule has 0 amide bonds. The van der Waals surface area contributed by atoms with Gasteiger partial charge in [0, 0.05) is 17.3 Å². The molecule has 2 heterocycles. The first-order valence-corrected chi connectivity index (χ1v) is 9.02. The maximum Gasteiger partial charge on any atom is 0.351 e. The summed E-state index contributed by atoms with van der Waals surface area (Å²) in [5.41, 5.74) is 1.42. The van der Waals surface area contributed by atoms with Crippen molar-refractivity contribution in [3.8, 4) is 0 Å². The normalized spacial score (nSPS) is 11.4. The van der Waals surface area contributed by atoms with E-state index in [0.717, 1.165) is 23.9 Å². The van der Waals surface area contributed by atoms with E-state index in [4.69, 9.17) is 9.84 Å². The second-order valence-corrected chi connectivity index (χ2v) is 6.22. The van der Waals surface area contributed by atoms with Gasteiger partial charge < -0.3 is 14.8 Å². The smallest absolute Gasteiger partial charge is 0.351 e. The molecule has 0 spiro atoms. The number of hydrogen-bond donors (Lipinski definition) is 2. The van der Waals surface area contributed by atoms with Crippen LogP contribution in [0.25, 0.3) is 11.0 Å². The fraction of sp³-hybridized carbons (Fsp3) is 0.667. The number of nitrogens with zero attached hydrogens (tertiary/aromatic N) is 2. The molecule has 0 radical (unpaired) electrons. The van der Waals surface area contributed by atoms with Crippen molar-refractivity contribution in [2.45, 2.75) is 65.0 Å². The fourth-order valence-electron chi connectivity index (χ4n) is 2.82. The van der Waals surface area contributed by atoms with Gasteiger partial charge in [-0.1, -0.05) is 45.4 Å². The van der Waals surface area contributed by atoms with Gasteiger partial charge >= 0.3 is 5.69 Å². The molecule has 6 heteroatoms. The lowest BCUT2D eigenvalue weighted by Gasteiger charge is -2.04. The zero-order chi connectivity index (χ0) is 17.2. The second-order valence-electron chi connectivity index (χ2n) is 6.22. The number of rotatable bonds is 12. The number of fused-ring (bicyclic) bond motifs is 1. The number of aromatic amines is 1. The average molecular weight is 335 g/mol. The number of unbranched alkanes of at least 4 members (excludes halogenated alkanes) is 6. The Balaban J connectivity index is 1.85. The van der Waals surface area contributed by atoms with E-state index in [-0.39, 0.29) is 25.6 Å². The van der Waals surface area contributed by atoms with Crippen molar-refractivity contribution in [1.82, 2.24) is 14.5 Å². The summed E-state index contributed by atoms with van der Waals surface area (Å²) in [6.45, 7) is 2.50. The maximum atomic E-state index is 11.9. The summed E-state index contributed by atoms with van der Waals surface area (Å²) in [6, 6.07) is 2.06. The molecule has 0 aliphatic carbocycles. The van der Waals surface area contributed by atoms with Crippen LogP contribution in [0.1, 0.15) is 57.6 Å². The number of hydrogen-bond acceptors (Lipinski definition) is 4. The molecule has 0 saturated heterocycles. The van der Waals surface area contributed by atoms with E-state index >= 15 is 0 Å². The lowest BCUT2D eigenvalue weighted by Crippen LogP contribution is -2.23. The molecule has 0 aliphatic rings. The SMILES string of the molecule is CCCCCCCCCc1cc2cn(COCCO)c(=O)nc2[nH]1. The van der Waals surface area contributed by atoms with Gasteiger partial charge in [-0.2, -0.15) is 4.98 Å². The van der Waals surface area contributed by atoms with E-state index < -0.39 is 0 Å². The van der Waals surface area contributed by atoms with Crippen LogP contribution in [0.15, 0.2) is 17.1 Å². The van der Waals surface area contributed by atoms with Crippen LogP contribution in [-0.2, 0) is 17.9 Å². The van der Waals surface area contributed by atoms with Crippen molar-refractivity contribution >= 4 is 11.0 Å². The molecule has 134 valence electrons. The molecule has 0 fully saturated rings. The minimum Gasteiger partial charge on any atom is -0.394 e. The van der Waals surface area contributed by atoms with Crippen molar-refractivity contribution in [2.75, 3.05) is 13.2 Å². The van der Waals surface area contributed by atoms with E-state index in [1.165, 1.54) is 43.1 Å². The molecule has 0 aliphatic heterocycles. The maximum absolute atomic E-state index is 11.9. The molecular weight excluding hydrogens is 306 g/mol. The lowest BCUT2D eigenvalue weighted by molar-refractivity contribution is 0.0460. The number of H-pyrrole nitrogens is 1. The molecule has 2 N–H and O–H groups in total. The van der Waals surface area contributed by atoms with Crippen LogP contribution < -0.4 is 5.69 Å². The van der Waals surface area contributed by atoms with Crippen LogP contribution >= 0.6 is 0 Å². The first-order valence-electron chi connectivity index (χ1n) is 9.02. The summed E-state index contributed by atoms with van der Waals surface area (Å²) in [6.07, 6.45) is 11.7. The highest BCUT2D eigenvalue weighted by atomic mass is 16.5. The molecule has 2 aromatic heterocycles. The molecule has 0 unspecified atom stereocenters. The van der Waals surface area contributed by atoms with Crippen LogP contribution in [0.3, 0.4) is 0 Å². The molecule has 0 aromatic carbocycles. The first-order chi connectivity index (χ1) is 11.7. The monoisotopic (exact) mass is 335 g/mol. The number of nitrogens with one attached hydrogen (secondary N) is 1. The van der Waals surface area contributed by atoms with Gasteiger partial charge in [0.25, 0.3) is 0 Å². The summed E-state index contributed by atoms with van der Waals surface area (Å²) in [5, 5.41) is 9.64. The number of aromatic nitrogens is 3. The van der Waals surface area contributed by atoms with Crippen LogP contribution in [-0.4, -0.2) is 32.9 Å². The zero-order valence-electron chi connectivity index (χ0n) is 14.6. The van der Waals surface area contributed by atoms with Crippen molar-refractivity contribution in [3.63, 3.8) is 0 Å². The third-order valence-electron chi connectivity index (χ3n) is 4.15. The highest BCUT2D eigenvalue weighted by Crippen LogP contribution is 2.15. The number of aliphatic hydroxyl groups excluding tert-OH is 1. The summed E-state index contributed by atoms with van der Waals surface area (Å²) in [7, 11) is 0. The Morgan fingerprint density at radius 3 is 2.71 bits per heavy atom. The molecule has 0 bridgehead atoms. The third kappa shape index (κ3) is 5.76. The molecule has 2 aromatic rings. The Morgan fingerprint density at radius 2 is 1.96 bits per heavy atom. The standard InChI is InChI=1S/C18H29N3O3/c1-2-3-4-5-6-7-8-9-16-12-15-13-21(14-24-11-10-22)18(23)20-17(15)19-16/h12-13,22H,2-11,14H2,1H3,(H,19,20,23). The van der Waals surface area contributed by atoms with E-state index in [1.54, 1.807) is 6.20 Å². The Labute approximate surface area is 142 Å². The summed E-state index contributed by atoms with van der Waals surface area (Å²) >= 11 is 0. The highest BCUT2D eigenvalue weighted by molar-refractivity contribution is 5.75. The third-order valence-corrected chi connectivity index (χ3v) is 4.15. The predicted octanol–water partition coefficient (Wildman–Crippen LogP) is 2.98. The van der Waals surface area contributed by atoms with Crippen molar-refractivity contribution in [3.05, 3.63) is 28.4 Å². The zero-order valence-corrected chi connectivity index (χ0v) is 14.6. The highest BCUT2D eigenvalue weighted by Gasteiger charge is 2.06. The fourth-order valence-corrected chi connectivity index (χ4v) is 2.82. The van der Waals surface area contributed by atoms with Gasteiger partial charge in [-0.25, -0.2) is 4.79 Å². The Kier molecular flexibility index (Phi) is 7.98. The van der Waals surface area contributed by atoms with E-state index in [0.29, 0.717) is 5.65 Å². The molecule has 2 rings (SSSR count). The quantitative estimate of drug-likeness (QED) is 0.584. The predicted molar refractivity (Wildman–Crippen MR) is 95.1 cm³/mol. The minimum absolute atomic E-state index is 0.0584. The topological polar surface area (TPSA) is 80.1 Å². The summed E-state index contributed by atoms with van der Waals surface area (Å²) in [4.78, 5) is 19.2. The largest absolute Gasteiger partial charge is 0.394 e. The summed E-state index contributed by atoms with van der Waals surface area (Å²) in [5.74, 6) is 0. The number of ether oxygens (including phenoxy) is 1. The van der Waals surface area contributed by atoms with Gasteiger partial charge in [0.15, 0.2) is 0 Å². The Bertz CT molecular complexity index is 663. The van der Waals surface area contributed by atoms with Gasteiger partial charge in [-0.05, 0) is 18.9 Å². The van der Waals surface area contributed by atoms with Gasteiger partial charge in [0.05, 0.1) is 13.2 Å². The van der Waals surface area contributed by atoms with Gasteiger partial charge in [0.1, 0.15) is 12.4 Å². The Hall–Kier alpha value is -1.66. The lowest BCUT2D eigenvalue weighted by atomic mass is 10.1. The van der Waals surface area contributed by atoms with E-state index in [9.17, 15) is 4.79 Å². The van der Waals surface area contributed by atoms with Crippen molar-refractivity contribution < 1.29 is 9.84 Å². The van der Waals surface area contributed by atoms with E-state index in [1.807, 2.05) is 0 Å². The molecule has 6 nitrogen and oxygen atoms in total. The van der Waals surface area contributed by atoms with Crippen LogP contribution in [0, 0.1) is 0 Å². The minimum atomic E-state index is -0.343. The van der Waals surface area contributed by atoms with E-state index in [2.05, 4.69) is 23.0 Å². The van der Waals surface area contributed by atoms with Gasteiger partial charge in [0.2, 0.25) is 0 Å². The van der Waals surface area contributed by atoms with Crippen LogP contribution in [0.4, 0.5) is 0 Å². The summed E-state index contributed by atoms with van der Waals surface area (Å²) < 4.78 is 6.61. The molecule has 24 heavy (non-hydrogen) atoms. The number of aliphatic hydroxyl groups is 1. The Morgan fingerprint density at radius 1 is 1.21 bits per heavy atom. The van der Waals surface area contributed by atoms with Crippen LogP contribution in [0.5, 0.6) is 0 Å². The molecular formula is C18H29N3O3. The van der Waals surface area contributed by atoms with Gasteiger partial charge in [-0.15, -0.1) is 0 Å². The molecule has 0 atom stereocenters. The molecule has 0 saturated carbocycles. The van der Waals surface area contributed by atoms with Gasteiger partial charge in [-0.3, -0.25) is 4.57 Å². The second kappa shape index (κ2) is 10.3. The van der Waals surface area contributed by atoms with Crippen molar-refractivity contribution in [1.29, 1.82) is 0 Å². The van der Waals surface area contributed by atoms with Crippen molar-refractivity contribution in [2.24, 2.45) is 0 Å². The average Bonchev–Trinajstić information content (AvgIpc) is 2.96. The first kappa shape index (κ1) is 18.7. The van der Waals surface area contributed by atoms with Crippen LogP contribution in [0.2, 0.25) is 0 Å². The number of aryl methyl sites for hydroxylation is 1.